The summed E-state index contributed by atoms with van der Waals surface area (Å²) in [6, 6.07) is -1.10. The van der Waals surface area contributed by atoms with Crippen LogP contribution in [-0.4, -0.2) is 102 Å². The molecule has 3 unspecified atom stereocenters. The normalized spacial score (nSPS) is 24.3. The highest BCUT2D eigenvalue weighted by molar-refractivity contribution is 8.00. The standard InChI is InChI=1S/C22H28N6O10S2/c1-9(29)6-11(30)38-22(19(34)35)8-28-17(33)14(18(28)39-10(22)2)24-16(32)13(15-25-20(23)40-27-15)26-36-7-12(31)37-21(3,4)5/h10,14,18H,6-8H2,1-5H3,(H,24,32)(H,34,35)(H2,23,25,27)/t10?,14?,18-,22?/m1/s1. The van der Waals surface area contributed by atoms with Crippen molar-refractivity contribution < 1.29 is 48.2 Å². The molecule has 1 aromatic rings. The van der Waals surface area contributed by atoms with Gasteiger partial charge in [0.15, 0.2) is 5.13 Å². The number of thioether (sulfide) groups is 1. The third-order valence-electron chi connectivity index (χ3n) is 5.51. The van der Waals surface area contributed by atoms with E-state index < -0.39 is 88.7 Å². The number of anilines is 1. The van der Waals surface area contributed by atoms with E-state index in [4.69, 9.17) is 20.0 Å². The van der Waals surface area contributed by atoms with Crippen molar-refractivity contribution in [2.75, 3.05) is 18.9 Å². The molecular formula is C22H28N6O10S2. The SMILES string of the molecule is CC(=O)CC(=O)OC1(C(=O)O)CN2C(=O)C(NC(=O)C(=NOCC(=O)OC(C)(C)C)c3nsc(N)n3)[C@H]2SC1C. The van der Waals surface area contributed by atoms with Crippen LogP contribution in [0.25, 0.3) is 0 Å². The topological polar surface area (TPSA) is 230 Å². The number of β-lactam (4-membered cyclic amide) rings is 1. The Bertz CT molecular complexity index is 1260. The summed E-state index contributed by atoms with van der Waals surface area (Å²) in [5, 5.41) is 14.5. The highest BCUT2D eigenvalue weighted by Gasteiger charge is 2.62. The fourth-order valence-electron chi connectivity index (χ4n) is 3.77. The number of ketones is 1. The van der Waals surface area contributed by atoms with Crippen molar-refractivity contribution in [3.05, 3.63) is 5.82 Å². The number of Topliss-reactive ketones (excluding diaryl/α,β-unsaturated/α-hetero) is 1. The van der Waals surface area contributed by atoms with Crippen molar-refractivity contribution in [3.63, 3.8) is 0 Å². The number of oxime groups is 1. The maximum atomic E-state index is 13.1. The molecule has 0 aromatic carbocycles. The number of rotatable bonds is 10. The van der Waals surface area contributed by atoms with Gasteiger partial charge >= 0.3 is 17.9 Å². The maximum absolute atomic E-state index is 13.1. The molecule has 18 heteroatoms. The molecule has 0 aliphatic carbocycles. The van der Waals surface area contributed by atoms with Gasteiger partial charge in [-0.1, -0.05) is 5.16 Å². The van der Waals surface area contributed by atoms with Crippen LogP contribution in [0.15, 0.2) is 5.16 Å². The van der Waals surface area contributed by atoms with E-state index in [1.165, 1.54) is 6.92 Å². The van der Waals surface area contributed by atoms with Crippen molar-refractivity contribution in [2.45, 2.75) is 68.9 Å². The van der Waals surface area contributed by atoms with Crippen LogP contribution >= 0.6 is 23.3 Å². The molecular weight excluding hydrogens is 572 g/mol. The molecule has 2 saturated heterocycles. The van der Waals surface area contributed by atoms with Gasteiger partial charge < -0.3 is 35.4 Å². The summed E-state index contributed by atoms with van der Waals surface area (Å²) < 4.78 is 14.2. The molecule has 0 radical (unpaired) electrons. The quantitative estimate of drug-likeness (QED) is 0.0993. The minimum Gasteiger partial charge on any atom is -0.478 e. The van der Waals surface area contributed by atoms with E-state index in [2.05, 4.69) is 19.8 Å². The van der Waals surface area contributed by atoms with Crippen LogP contribution in [0.5, 0.6) is 0 Å². The van der Waals surface area contributed by atoms with Crippen molar-refractivity contribution in [2.24, 2.45) is 5.16 Å². The molecule has 16 nitrogen and oxygen atoms in total. The van der Waals surface area contributed by atoms with Crippen LogP contribution in [-0.2, 0) is 43.1 Å². The summed E-state index contributed by atoms with van der Waals surface area (Å²) in [4.78, 5) is 83.6. The number of carbonyl (C=O) groups excluding carboxylic acids is 5. The minimum atomic E-state index is -2.09. The first-order valence-corrected chi connectivity index (χ1v) is 13.5. The summed E-state index contributed by atoms with van der Waals surface area (Å²) in [7, 11) is 0. The molecule has 0 saturated carbocycles. The van der Waals surface area contributed by atoms with Crippen LogP contribution in [0.4, 0.5) is 5.13 Å². The van der Waals surface area contributed by atoms with E-state index in [1.54, 1.807) is 20.8 Å². The zero-order valence-corrected chi connectivity index (χ0v) is 23.8. The van der Waals surface area contributed by atoms with Gasteiger partial charge in [-0.3, -0.25) is 19.2 Å². The lowest BCUT2D eigenvalue weighted by Gasteiger charge is -2.55. The Morgan fingerprint density at radius 2 is 1.93 bits per heavy atom. The summed E-state index contributed by atoms with van der Waals surface area (Å²) in [5.74, 6) is -5.54. The third kappa shape index (κ3) is 6.85. The highest BCUT2D eigenvalue weighted by Crippen LogP contribution is 2.44. The molecule has 4 N–H and O–H groups in total. The smallest absolute Gasteiger partial charge is 0.351 e. The molecule has 0 bridgehead atoms. The fraction of sp³-hybridized carbons (Fsp3) is 0.591. The van der Waals surface area contributed by atoms with Gasteiger partial charge in [0.05, 0.1) is 11.8 Å². The number of esters is 2. The number of nitrogens with two attached hydrogens (primary N) is 1. The first kappa shape index (κ1) is 30.7. The summed E-state index contributed by atoms with van der Waals surface area (Å²) in [5.41, 5.74) is 2.28. The molecule has 0 spiro atoms. The summed E-state index contributed by atoms with van der Waals surface area (Å²) in [6.07, 6.45) is -0.615. The molecule has 2 aliphatic heterocycles. The van der Waals surface area contributed by atoms with Gasteiger partial charge in [-0.05, 0) is 34.6 Å². The number of fused-ring (bicyclic) bond motifs is 1. The first-order chi connectivity index (χ1) is 18.5. The van der Waals surface area contributed by atoms with Crippen LogP contribution in [0.3, 0.4) is 0 Å². The molecule has 3 rings (SSSR count). The van der Waals surface area contributed by atoms with Crippen LogP contribution in [0.1, 0.15) is 46.9 Å². The van der Waals surface area contributed by atoms with Crippen LogP contribution in [0.2, 0.25) is 0 Å². The lowest BCUT2D eigenvalue weighted by atomic mass is 9.94. The van der Waals surface area contributed by atoms with Crippen LogP contribution < -0.4 is 11.1 Å². The Labute approximate surface area is 236 Å². The molecule has 40 heavy (non-hydrogen) atoms. The Hall–Kier alpha value is -3.80. The van der Waals surface area contributed by atoms with Gasteiger partial charge in [0.25, 0.3) is 5.91 Å². The fourth-order valence-corrected chi connectivity index (χ4v) is 5.73. The minimum absolute atomic E-state index is 0.0227. The van der Waals surface area contributed by atoms with Crippen molar-refractivity contribution in [1.29, 1.82) is 0 Å². The zero-order chi connectivity index (χ0) is 30.0. The van der Waals surface area contributed by atoms with Gasteiger partial charge in [0.2, 0.25) is 29.7 Å². The molecule has 2 amide bonds. The average molecular weight is 601 g/mol. The number of carboxylic acids is 1. The highest BCUT2D eigenvalue weighted by atomic mass is 32.2. The largest absolute Gasteiger partial charge is 0.478 e. The van der Waals surface area contributed by atoms with Gasteiger partial charge in [-0.15, -0.1) is 11.8 Å². The van der Waals surface area contributed by atoms with Gasteiger partial charge in [0.1, 0.15) is 29.2 Å². The number of amides is 2. The van der Waals surface area contributed by atoms with E-state index in [0.717, 1.165) is 35.1 Å². The Morgan fingerprint density at radius 3 is 2.48 bits per heavy atom. The Morgan fingerprint density at radius 1 is 1.25 bits per heavy atom. The Balaban J connectivity index is 1.74. The van der Waals surface area contributed by atoms with Gasteiger partial charge in [-0.2, -0.15) is 9.36 Å². The predicted molar refractivity (Wildman–Crippen MR) is 139 cm³/mol. The number of hydrogen-bond donors (Lipinski definition) is 3. The van der Waals surface area contributed by atoms with Gasteiger partial charge in [0, 0.05) is 11.5 Å². The third-order valence-corrected chi connectivity index (χ3v) is 7.65. The Kier molecular flexibility index (Phi) is 9.03. The number of carboxylic acid groups (broad SMARTS) is 1. The maximum Gasteiger partial charge on any atom is 0.351 e. The molecule has 1 aromatic heterocycles. The molecule has 3 heterocycles. The summed E-state index contributed by atoms with van der Waals surface area (Å²) >= 11 is 1.77. The molecule has 2 aliphatic rings. The number of nitrogens with one attached hydrogen (secondary N) is 1. The predicted octanol–water partition coefficient (Wildman–Crippen LogP) is -0.683. The number of aromatic nitrogens is 2. The molecule has 218 valence electrons. The average Bonchev–Trinajstić information content (AvgIpc) is 3.25. The lowest BCUT2D eigenvalue weighted by molar-refractivity contribution is -0.187. The van der Waals surface area contributed by atoms with Crippen LogP contribution in [0, 0.1) is 0 Å². The zero-order valence-electron chi connectivity index (χ0n) is 22.2. The second-order valence-electron chi connectivity index (χ2n) is 9.89. The van der Waals surface area contributed by atoms with Crippen molar-refractivity contribution in [3.8, 4) is 0 Å². The van der Waals surface area contributed by atoms with Crippen molar-refractivity contribution >= 4 is 69.6 Å². The number of nitrogens with zero attached hydrogens (tertiary/aromatic N) is 4. The monoisotopic (exact) mass is 600 g/mol. The van der Waals surface area contributed by atoms with E-state index in [9.17, 15) is 33.9 Å². The number of hydrogen-bond acceptors (Lipinski definition) is 15. The number of ether oxygens (including phenoxy) is 2. The van der Waals surface area contributed by atoms with E-state index in [-0.39, 0.29) is 11.0 Å². The van der Waals surface area contributed by atoms with E-state index >= 15 is 0 Å². The summed E-state index contributed by atoms with van der Waals surface area (Å²) in [6.45, 7) is 6.53. The molecule has 4 atom stereocenters. The number of carbonyl (C=O) groups is 6. The second kappa shape index (κ2) is 11.7. The van der Waals surface area contributed by atoms with E-state index in [0.29, 0.717) is 0 Å². The van der Waals surface area contributed by atoms with Gasteiger partial charge in [-0.25, -0.2) is 9.59 Å². The number of aliphatic carboxylic acids is 1. The molecule has 2 fully saturated rings. The second-order valence-corrected chi connectivity index (χ2v) is 12.1. The number of nitrogen functional groups attached to an aromatic ring is 1. The lowest BCUT2D eigenvalue weighted by Crippen LogP contribution is -2.77. The van der Waals surface area contributed by atoms with E-state index in [1.807, 2.05) is 0 Å². The first-order valence-electron chi connectivity index (χ1n) is 11.8. The van der Waals surface area contributed by atoms with Crippen molar-refractivity contribution in [1.82, 2.24) is 19.6 Å².